The number of rotatable bonds is 5. The van der Waals surface area contributed by atoms with Gasteiger partial charge in [-0.2, -0.15) is 4.98 Å². The summed E-state index contributed by atoms with van der Waals surface area (Å²) in [4.78, 5) is 16.5. The monoisotopic (exact) mass is 302 g/mol. The first-order valence-corrected chi connectivity index (χ1v) is 7.84. The summed E-state index contributed by atoms with van der Waals surface area (Å²) in [5.74, 6) is 2.95. The average Bonchev–Trinajstić information content (AvgIpc) is 3.12. The molecule has 0 aromatic carbocycles. The number of amides is 1. The Labute approximate surface area is 127 Å². The van der Waals surface area contributed by atoms with Gasteiger partial charge in [0.2, 0.25) is 11.7 Å². The summed E-state index contributed by atoms with van der Waals surface area (Å²) in [6.07, 6.45) is 5.90. The van der Waals surface area contributed by atoms with Gasteiger partial charge in [0.1, 0.15) is 5.82 Å². The van der Waals surface area contributed by atoms with Gasteiger partial charge in [0, 0.05) is 31.8 Å². The van der Waals surface area contributed by atoms with E-state index in [0.717, 1.165) is 50.4 Å². The van der Waals surface area contributed by atoms with Crippen LogP contribution in [-0.4, -0.2) is 37.4 Å². The Morgan fingerprint density at radius 3 is 3.09 bits per heavy atom. The number of hydrogen-bond acceptors (Lipinski definition) is 6. The Bertz CT molecular complexity index is 687. The van der Waals surface area contributed by atoms with Gasteiger partial charge in [-0.15, -0.1) is 10.2 Å². The summed E-state index contributed by atoms with van der Waals surface area (Å²) >= 11 is 0. The van der Waals surface area contributed by atoms with Crippen molar-refractivity contribution in [1.29, 1.82) is 0 Å². The van der Waals surface area contributed by atoms with Crippen LogP contribution in [0.3, 0.4) is 0 Å². The molecule has 0 unspecified atom stereocenters. The van der Waals surface area contributed by atoms with Crippen molar-refractivity contribution >= 4 is 5.91 Å². The van der Waals surface area contributed by atoms with Crippen LogP contribution in [0.25, 0.3) is 0 Å². The Balaban J connectivity index is 1.33. The third-order valence-electron chi connectivity index (χ3n) is 4.11. The molecular weight excluding hydrogens is 284 g/mol. The minimum atomic E-state index is -0.188. The smallest absolute Gasteiger partial charge is 0.289 e. The molecule has 0 atom stereocenters. The second-order valence-electron chi connectivity index (χ2n) is 5.88. The summed E-state index contributed by atoms with van der Waals surface area (Å²) in [7, 11) is 0. The number of hydrogen-bond donors (Lipinski definition) is 1. The van der Waals surface area contributed by atoms with Crippen molar-refractivity contribution in [3.05, 3.63) is 23.4 Å². The van der Waals surface area contributed by atoms with Crippen LogP contribution in [0, 0.1) is 0 Å². The van der Waals surface area contributed by atoms with Crippen LogP contribution in [0.1, 0.15) is 59.8 Å². The second-order valence-corrected chi connectivity index (χ2v) is 5.88. The molecule has 1 N–H and O–H groups in total. The number of aryl methyl sites for hydroxylation is 1. The lowest BCUT2D eigenvalue weighted by molar-refractivity contribution is 0.0937. The van der Waals surface area contributed by atoms with E-state index in [1.54, 1.807) is 0 Å². The molecule has 2 aromatic heterocycles. The Kier molecular flexibility index (Phi) is 3.36. The summed E-state index contributed by atoms with van der Waals surface area (Å²) in [5.41, 5.74) is 0. The standard InChI is InChI=1S/C14H18N6O2/c21-13(12-18-17-11-3-1-2-8-20(11)12)15-7-6-10-16-14(22-19-10)9-4-5-9/h9H,1-8H2,(H,15,21). The van der Waals surface area contributed by atoms with Crippen molar-refractivity contribution in [1.82, 2.24) is 30.2 Å². The lowest BCUT2D eigenvalue weighted by Crippen LogP contribution is -2.29. The molecule has 3 heterocycles. The summed E-state index contributed by atoms with van der Waals surface area (Å²) in [5, 5.41) is 14.9. The molecule has 2 aromatic rings. The maximum absolute atomic E-state index is 12.2. The molecule has 1 saturated carbocycles. The van der Waals surface area contributed by atoms with Crippen LogP contribution in [0.15, 0.2) is 4.52 Å². The molecule has 22 heavy (non-hydrogen) atoms. The highest BCUT2D eigenvalue weighted by Gasteiger charge is 2.29. The van der Waals surface area contributed by atoms with E-state index < -0.39 is 0 Å². The van der Waals surface area contributed by atoms with Crippen LogP contribution in [-0.2, 0) is 19.4 Å². The topological polar surface area (TPSA) is 98.7 Å². The van der Waals surface area contributed by atoms with E-state index >= 15 is 0 Å². The van der Waals surface area contributed by atoms with Gasteiger partial charge in [-0.1, -0.05) is 5.16 Å². The van der Waals surface area contributed by atoms with Crippen molar-refractivity contribution in [3.8, 4) is 0 Å². The zero-order valence-corrected chi connectivity index (χ0v) is 12.3. The van der Waals surface area contributed by atoms with E-state index in [2.05, 4.69) is 25.7 Å². The van der Waals surface area contributed by atoms with Crippen LogP contribution in [0.5, 0.6) is 0 Å². The van der Waals surface area contributed by atoms with Gasteiger partial charge in [-0.05, 0) is 25.7 Å². The zero-order valence-electron chi connectivity index (χ0n) is 12.3. The highest BCUT2D eigenvalue weighted by atomic mass is 16.5. The summed E-state index contributed by atoms with van der Waals surface area (Å²) in [6.45, 7) is 1.28. The molecule has 8 nitrogen and oxygen atoms in total. The maximum Gasteiger partial charge on any atom is 0.289 e. The quantitative estimate of drug-likeness (QED) is 0.879. The van der Waals surface area contributed by atoms with Gasteiger partial charge in [0.05, 0.1) is 0 Å². The van der Waals surface area contributed by atoms with Gasteiger partial charge in [-0.3, -0.25) is 4.79 Å². The van der Waals surface area contributed by atoms with Gasteiger partial charge in [0.15, 0.2) is 5.82 Å². The number of carbonyl (C=O) groups is 1. The number of carbonyl (C=O) groups excluding carboxylic acids is 1. The van der Waals surface area contributed by atoms with E-state index in [1.165, 1.54) is 0 Å². The molecule has 0 radical (unpaired) electrons. The zero-order chi connectivity index (χ0) is 14.9. The maximum atomic E-state index is 12.2. The van der Waals surface area contributed by atoms with Gasteiger partial charge < -0.3 is 14.4 Å². The Hall–Kier alpha value is -2.25. The molecule has 2 aliphatic rings. The molecule has 1 aliphatic carbocycles. The SMILES string of the molecule is O=C(NCCc1noc(C2CC2)n1)c1nnc2n1CCCC2. The second kappa shape index (κ2) is 5.51. The number of fused-ring (bicyclic) bond motifs is 1. The predicted molar refractivity (Wildman–Crippen MR) is 75.3 cm³/mol. The number of aromatic nitrogens is 5. The third-order valence-corrected chi connectivity index (χ3v) is 4.11. The predicted octanol–water partition coefficient (Wildman–Crippen LogP) is 0.847. The average molecular weight is 302 g/mol. The first-order valence-electron chi connectivity index (χ1n) is 7.84. The van der Waals surface area contributed by atoms with Crippen LogP contribution in [0.4, 0.5) is 0 Å². The van der Waals surface area contributed by atoms with Crippen molar-refractivity contribution in [2.24, 2.45) is 0 Å². The molecule has 116 valence electrons. The molecule has 4 rings (SSSR count). The highest BCUT2D eigenvalue weighted by Crippen LogP contribution is 2.38. The first kappa shape index (κ1) is 13.4. The van der Waals surface area contributed by atoms with Crippen LogP contribution in [0.2, 0.25) is 0 Å². The number of nitrogens with one attached hydrogen (secondary N) is 1. The fourth-order valence-electron chi connectivity index (χ4n) is 2.71. The fraction of sp³-hybridized carbons (Fsp3) is 0.643. The van der Waals surface area contributed by atoms with E-state index in [1.807, 2.05) is 4.57 Å². The fourth-order valence-corrected chi connectivity index (χ4v) is 2.71. The van der Waals surface area contributed by atoms with Crippen LogP contribution >= 0.6 is 0 Å². The van der Waals surface area contributed by atoms with E-state index in [4.69, 9.17) is 4.52 Å². The van der Waals surface area contributed by atoms with E-state index in [-0.39, 0.29) is 5.91 Å². The molecule has 1 aliphatic heterocycles. The largest absolute Gasteiger partial charge is 0.349 e. The van der Waals surface area contributed by atoms with Gasteiger partial charge in [0.25, 0.3) is 5.91 Å². The molecule has 0 spiro atoms. The molecule has 1 fully saturated rings. The van der Waals surface area contributed by atoms with Crippen molar-refractivity contribution < 1.29 is 9.32 Å². The van der Waals surface area contributed by atoms with Crippen molar-refractivity contribution in [2.45, 2.75) is 51.0 Å². The minimum absolute atomic E-state index is 0.188. The molecule has 0 bridgehead atoms. The normalized spacial score (nSPS) is 17.3. The molecule has 1 amide bonds. The van der Waals surface area contributed by atoms with Gasteiger partial charge in [-0.25, -0.2) is 0 Å². The van der Waals surface area contributed by atoms with Crippen molar-refractivity contribution in [2.75, 3.05) is 6.54 Å². The number of nitrogens with zero attached hydrogens (tertiary/aromatic N) is 5. The summed E-state index contributed by atoms with van der Waals surface area (Å²) < 4.78 is 7.11. The lowest BCUT2D eigenvalue weighted by atomic mass is 10.1. The van der Waals surface area contributed by atoms with E-state index in [9.17, 15) is 4.79 Å². The third kappa shape index (κ3) is 2.60. The highest BCUT2D eigenvalue weighted by molar-refractivity contribution is 5.90. The van der Waals surface area contributed by atoms with Gasteiger partial charge >= 0.3 is 0 Å². The van der Waals surface area contributed by atoms with Crippen molar-refractivity contribution in [3.63, 3.8) is 0 Å². The van der Waals surface area contributed by atoms with E-state index in [0.29, 0.717) is 30.5 Å². The molecule has 8 heteroatoms. The Morgan fingerprint density at radius 1 is 1.32 bits per heavy atom. The minimum Gasteiger partial charge on any atom is -0.349 e. The lowest BCUT2D eigenvalue weighted by Gasteiger charge is -2.14. The summed E-state index contributed by atoms with van der Waals surface area (Å²) in [6, 6.07) is 0. The first-order chi connectivity index (χ1) is 10.8. The molecular formula is C14H18N6O2. The Morgan fingerprint density at radius 2 is 2.23 bits per heavy atom. The molecule has 0 saturated heterocycles. The van der Waals surface area contributed by atoms with Crippen LogP contribution < -0.4 is 5.32 Å².